The molecule has 1 N–H and O–H groups in total. The molecule has 4 rings (SSSR count). The molecule has 4 nitrogen and oxygen atoms in total. The van der Waals surface area contributed by atoms with Crippen LogP contribution in [0.3, 0.4) is 0 Å². The van der Waals surface area contributed by atoms with E-state index < -0.39 is 5.69 Å². The van der Waals surface area contributed by atoms with Crippen LogP contribution in [0.5, 0.6) is 0 Å². The lowest BCUT2D eigenvalue weighted by Gasteiger charge is -2.35. The van der Waals surface area contributed by atoms with Crippen LogP contribution in [0, 0.1) is 6.92 Å². The van der Waals surface area contributed by atoms with Crippen molar-refractivity contribution in [2.24, 2.45) is 0 Å². The number of aromatic amines is 1. The average molecular weight is 346 g/mol. The molecule has 0 radical (unpaired) electrons. The predicted molar refractivity (Wildman–Crippen MR) is 104 cm³/mol. The Kier molecular flexibility index (Phi) is 3.72. The van der Waals surface area contributed by atoms with Crippen LogP contribution in [-0.4, -0.2) is 9.55 Å². The summed E-state index contributed by atoms with van der Waals surface area (Å²) < 4.78 is 1.29. The third-order valence-corrected chi connectivity index (χ3v) is 5.71. The molecule has 0 bridgehead atoms. The number of hydrogen-bond acceptors (Lipinski definition) is 2. The number of rotatable bonds is 2. The maximum Gasteiger partial charge on any atom is 0.333 e. The van der Waals surface area contributed by atoms with Gasteiger partial charge in [-0.25, -0.2) is 9.36 Å². The van der Waals surface area contributed by atoms with Crippen LogP contribution in [0.25, 0.3) is 16.9 Å². The lowest BCUT2D eigenvalue weighted by molar-refractivity contribution is 0.437. The molecule has 0 aliphatic heterocycles. The first-order chi connectivity index (χ1) is 12.5. The molecule has 1 aliphatic rings. The SMILES string of the molecule is CC[C@]1(C)Cc2ccccc2-c2[nH]c(=O)n(-c3ccccc3C)c(=O)c21. The van der Waals surface area contributed by atoms with E-state index >= 15 is 0 Å². The quantitative estimate of drug-likeness (QED) is 0.769. The van der Waals surface area contributed by atoms with Crippen molar-refractivity contribution in [1.29, 1.82) is 0 Å². The molecule has 0 unspecified atom stereocenters. The van der Waals surface area contributed by atoms with Gasteiger partial charge >= 0.3 is 5.69 Å². The van der Waals surface area contributed by atoms with Gasteiger partial charge in [0.1, 0.15) is 0 Å². The maximum absolute atomic E-state index is 13.5. The number of nitrogens with zero attached hydrogens (tertiary/aromatic N) is 1. The highest BCUT2D eigenvalue weighted by molar-refractivity contribution is 5.71. The largest absolute Gasteiger partial charge is 0.333 e. The minimum absolute atomic E-state index is 0.211. The van der Waals surface area contributed by atoms with Gasteiger partial charge in [-0.05, 0) is 37.0 Å². The number of H-pyrrole nitrogens is 1. The fourth-order valence-electron chi connectivity index (χ4n) is 4.06. The van der Waals surface area contributed by atoms with E-state index in [4.69, 9.17) is 0 Å². The second-order valence-electron chi connectivity index (χ2n) is 7.36. The van der Waals surface area contributed by atoms with Crippen molar-refractivity contribution >= 4 is 0 Å². The van der Waals surface area contributed by atoms with Crippen LogP contribution >= 0.6 is 0 Å². The maximum atomic E-state index is 13.5. The third-order valence-electron chi connectivity index (χ3n) is 5.71. The van der Waals surface area contributed by atoms with Crippen LogP contribution in [0.1, 0.15) is 37.0 Å². The lowest BCUT2D eigenvalue weighted by Crippen LogP contribution is -2.44. The molecule has 2 aromatic carbocycles. The summed E-state index contributed by atoms with van der Waals surface area (Å²) in [5, 5.41) is 0. The molecule has 1 aliphatic carbocycles. The first kappa shape index (κ1) is 16.6. The van der Waals surface area contributed by atoms with E-state index in [0.717, 1.165) is 24.0 Å². The van der Waals surface area contributed by atoms with E-state index in [1.165, 1.54) is 10.1 Å². The molecule has 0 fully saturated rings. The molecule has 0 amide bonds. The first-order valence-electron chi connectivity index (χ1n) is 9.00. The number of aryl methyl sites for hydroxylation is 1. The number of nitrogens with one attached hydrogen (secondary N) is 1. The molecule has 1 heterocycles. The van der Waals surface area contributed by atoms with Gasteiger partial charge in [-0.3, -0.25) is 4.79 Å². The van der Waals surface area contributed by atoms with Gasteiger partial charge < -0.3 is 4.98 Å². The Morgan fingerprint density at radius 3 is 2.50 bits per heavy atom. The van der Waals surface area contributed by atoms with Crippen molar-refractivity contribution < 1.29 is 0 Å². The third kappa shape index (κ3) is 2.29. The second-order valence-corrected chi connectivity index (χ2v) is 7.36. The highest BCUT2D eigenvalue weighted by atomic mass is 16.2. The standard InChI is InChI=1S/C22H22N2O2/c1-4-22(3)13-15-10-6-7-11-16(15)19-18(22)20(25)24(21(26)23-19)17-12-8-5-9-14(17)2/h5-12H,4,13H2,1-3H3,(H,23,26)/t22-/m1/s1. The number of fused-ring (bicyclic) bond motifs is 3. The molecule has 1 atom stereocenters. The van der Waals surface area contributed by atoms with Crippen molar-refractivity contribution in [2.45, 2.75) is 39.0 Å². The zero-order valence-electron chi connectivity index (χ0n) is 15.3. The summed E-state index contributed by atoms with van der Waals surface area (Å²) in [7, 11) is 0. The Labute approximate surface area is 152 Å². The Morgan fingerprint density at radius 2 is 1.77 bits per heavy atom. The van der Waals surface area contributed by atoms with Crippen molar-refractivity contribution in [3.05, 3.63) is 86.1 Å². The monoisotopic (exact) mass is 346 g/mol. The van der Waals surface area contributed by atoms with E-state index in [-0.39, 0.29) is 11.0 Å². The zero-order chi connectivity index (χ0) is 18.5. The number of aromatic nitrogens is 2. The van der Waals surface area contributed by atoms with Crippen molar-refractivity contribution in [3.63, 3.8) is 0 Å². The second kappa shape index (κ2) is 5.84. The Morgan fingerprint density at radius 1 is 1.08 bits per heavy atom. The molecule has 1 aromatic heterocycles. The Hall–Kier alpha value is -2.88. The molecule has 0 saturated heterocycles. The topological polar surface area (TPSA) is 54.9 Å². The molecular formula is C22H22N2O2. The van der Waals surface area contributed by atoms with Crippen LogP contribution < -0.4 is 11.2 Å². The first-order valence-corrected chi connectivity index (χ1v) is 9.00. The average Bonchev–Trinajstić information content (AvgIpc) is 2.63. The van der Waals surface area contributed by atoms with Gasteiger partial charge in [0, 0.05) is 16.5 Å². The van der Waals surface area contributed by atoms with E-state index in [1.807, 2.05) is 49.4 Å². The van der Waals surface area contributed by atoms with Crippen molar-refractivity contribution in [2.75, 3.05) is 0 Å². The zero-order valence-corrected chi connectivity index (χ0v) is 15.3. The highest BCUT2D eigenvalue weighted by Gasteiger charge is 2.37. The lowest BCUT2D eigenvalue weighted by atomic mass is 9.69. The van der Waals surface area contributed by atoms with Crippen LogP contribution in [-0.2, 0) is 11.8 Å². The van der Waals surface area contributed by atoms with E-state index in [2.05, 4.69) is 24.9 Å². The summed E-state index contributed by atoms with van der Waals surface area (Å²) in [6.45, 7) is 6.12. The van der Waals surface area contributed by atoms with Crippen molar-refractivity contribution in [1.82, 2.24) is 9.55 Å². The van der Waals surface area contributed by atoms with Gasteiger partial charge in [0.2, 0.25) is 0 Å². The summed E-state index contributed by atoms with van der Waals surface area (Å²) in [6, 6.07) is 15.5. The normalized spacial score (nSPS) is 18.3. The molecule has 132 valence electrons. The van der Waals surface area contributed by atoms with Gasteiger partial charge in [0.15, 0.2) is 0 Å². The smallest absolute Gasteiger partial charge is 0.306 e. The van der Waals surface area contributed by atoms with E-state index in [9.17, 15) is 9.59 Å². The molecule has 3 aromatic rings. The van der Waals surface area contributed by atoms with Gasteiger partial charge in [0.25, 0.3) is 5.56 Å². The number of para-hydroxylation sites is 1. The molecule has 4 heteroatoms. The van der Waals surface area contributed by atoms with Gasteiger partial charge in [-0.15, -0.1) is 0 Å². The van der Waals surface area contributed by atoms with Gasteiger partial charge in [0.05, 0.1) is 11.4 Å². The molecule has 26 heavy (non-hydrogen) atoms. The Bertz CT molecular complexity index is 1120. The minimum Gasteiger partial charge on any atom is -0.306 e. The summed E-state index contributed by atoms with van der Waals surface area (Å²) in [5.74, 6) is 0. The van der Waals surface area contributed by atoms with Crippen LogP contribution in [0.2, 0.25) is 0 Å². The summed E-state index contributed by atoms with van der Waals surface area (Å²) in [6.07, 6.45) is 1.62. The molecule has 0 saturated carbocycles. The molecular weight excluding hydrogens is 324 g/mol. The summed E-state index contributed by atoms with van der Waals surface area (Å²) in [4.78, 5) is 29.4. The van der Waals surface area contributed by atoms with Crippen molar-refractivity contribution in [3.8, 4) is 16.9 Å². The fraction of sp³-hybridized carbons (Fsp3) is 0.273. The summed E-state index contributed by atoms with van der Waals surface area (Å²) in [5.41, 5.74) is 4.14. The van der Waals surface area contributed by atoms with E-state index in [1.54, 1.807) is 0 Å². The predicted octanol–water partition coefficient (Wildman–Crippen LogP) is 3.73. The van der Waals surface area contributed by atoms with Crippen LogP contribution in [0.4, 0.5) is 0 Å². The van der Waals surface area contributed by atoms with Gasteiger partial charge in [-0.2, -0.15) is 0 Å². The molecule has 0 spiro atoms. The Balaban J connectivity index is 2.12. The number of hydrogen-bond donors (Lipinski definition) is 1. The van der Waals surface area contributed by atoms with E-state index in [0.29, 0.717) is 16.9 Å². The number of benzene rings is 2. The van der Waals surface area contributed by atoms with Gasteiger partial charge in [-0.1, -0.05) is 56.3 Å². The summed E-state index contributed by atoms with van der Waals surface area (Å²) >= 11 is 0. The minimum atomic E-state index is -0.391. The van der Waals surface area contributed by atoms with Crippen LogP contribution in [0.15, 0.2) is 58.1 Å². The fourth-order valence-corrected chi connectivity index (χ4v) is 4.06. The highest BCUT2D eigenvalue weighted by Crippen LogP contribution is 2.41.